The van der Waals surface area contributed by atoms with Crippen molar-refractivity contribution < 1.29 is 14.3 Å². The fourth-order valence-electron chi connectivity index (χ4n) is 1.93. The molecule has 1 N–H and O–H groups in total. The van der Waals surface area contributed by atoms with Crippen molar-refractivity contribution >= 4 is 27.8 Å². The Morgan fingerprint density at radius 1 is 1.00 bits per heavy atom. The number of para-hydroxylation sites is 1. The molecular formula is C16H10O4S. The first-order valence-electron chi connectivity index (χ1n) is 6.19. The van der Waals surface area contributed by atoms with Crippen LogP contribution in [0.15, 0.2) is 68.7 Å². The van der Waals surface area contributed by atoms with Gasteiger partial charge in [-0.15, -0.1) is 0 Å². The molecule has 0 aliphatic heterocycles. The average Bonchev–Trinajstić information content (AvgIpc) is 2.52. The van der Waals surface area contributed by atoms with Crippen molar-refractivity contribution in [2.45, 2.75) is 4.90 Å². The summed E-state index contributed by atoms with van der Waals surface area (Å²) in [7, 11) is 0. The van der Waals surface area contributed by atoms with Gasteiger partial charge in [-0.05, 0) is 23.9 Å². The normalized spacial score (nSPS) is 10.7. The van der Waals surface area contributed by atoms with E-state index in [2.05, 4.69) is 0 Å². The number of fused-ring (bicyclic) bond motifs is 1. The molecule has 0 saturated heterocycles. The van der Waals surface area contributed by atoms with E-state index in [4.69, 9.17) is 4.42 Å². The Balaban J connectivity index is 2.05. The Morgan fingerprint density at radius 3 is 2.43 bits per heavy atom. The van der Waals surface area contributed by atoms with Crippen molar-refractivity contribution in [3.8, 4) is 5.75 Å². The van der Waals surface area contributed by atoms with Gasteiger partial charge in [0.15, 0.2) is 0 Å². The molecule has 3 rings (SSSR count). The molecule has 0 saturated carbocycles. The zero-order valence-electron chi connectivity index (χ0n) is 10.8. The minimum atomic E-state index is -0.722. The summed E-state index contributed by atoms with van der Waals surface area (Å²) in [5, 5.41) is 10.3. The number of hydrogen-bond donors (Lipinski definition) is 1. The van der Waals surface area contributed by atoms with Gasteiger partial charge in [0.2, 0.25) is 5.12 Å². The Hall–Kier alpha value is -2.53. The molecule has 0 unspecified atom stereocenters. The third-order valence-electron chi connectivity index (χ3n) is 2.95. The summed E-state index contributed by atoms with van der Waals surface area (Å²) in [6, 6.07) is 15.2. The maximum absolute atomic E-state index is 12.1. The molecule has 104 valence electrons. The van der Waals surface area contributed by atoms with Crippen molar-refractivity contribution in [1.82, 2.24) is 0 Å². The summed E-state index contributed by atoms with van der Waals surface area (Å²) in [6.45, 7) is 0. The van der Waals surface area contributed by atoms with Gasteiger partial charge in [-0.25, -0.2) is 4.79 Å². The molecule has 0 aliphatic rings. The van der Waals surface area contributed by atoms with Crippen molar-refractivity contribution in [3.05, 3.63) is 70.6 Å². The molecule has 1 heterocycles. The standard InChI is InChI=1S/C16H10O4S/c17-13-11-8-4-5-9-12(11)20-15(18)14(13)21-16(19)10-6-2-1-3-7-10/h1-9,17H. The SMILES string of the molecule is O=C(Sc1c(O)c2ccccc2oc1=O)c1ccccc1. The van der Waals surface area contributed by atoms with Crippen molar-refractivity contribution in [2.75, 3.05) is 0 Å². The first kappa shape index (κ1) is 13.5. The lowest BCUT2D eigenvalue weighted by atomic mass is 10.2. The van der Waals surface area contributed by atoms with E-state index in [0.29, 0.717) is 22.7 Å². The lowest BCUT2D eigenvalue weighted by molar-refractivity contribution is 0.108. The molecular weight excluding hydrogens is 288 g/mol. The third-order valence-corrected chi connectivity index (χ3v) is 3.93. The maximum atomic E-state index is 12.1. The highest BCUT2D eigenvalue weighted by molar-refractivity contribution is 8.14. The molecule has 0 radical (unpaired) electrons. The summed E-state index contributed by atoms with van der Waals surface area (Å²) in [5.41, 5.74) is 0.0199. The molecule has 0 amide bonds. The minimum absolute atomic E-state index is 0.0949. The predicted molar refractivity (Wildman–Crippen MR) is 80.8 cm³/mol. The highest BCUT2D eigenvalue weighted by atomic mass is 32.2. The first-order valence-corrected chi connectivity index (χ1v) is 7.00. The van der Waals surface area contributed by atoms with E-state index in [1.807, 2.05) is 0 Å². The Morgan fingerprint density at radius 2 is 1.67 bits per heavy atom. The van der Waals surface area contributed by atoms with Gasteiger partial charge in [-0.1, -0.05) is 42.5 Å². The van der Waals surface area contributed by atoms with Crippen LogP contribution in [-0.2, 0) is 0 Å². The zero-order chi connectivity index (χ0) is 14.8. The van der Waals surface area contributed by atoms with Gasteiger partial charge in [0.05, 0.1) is 5.39 Å². The molecule has 21 heavy (non-hydrogen) atoms. The van der Waals surface area contributed by atoms with Crippen LogP contribution in [0.4, 0.5) is 0 Å². The zero-order valence-corrected chi connectivity index (χ0v) is 11.6. The number of benzene rings is 2. The van der Waals surface area contributed by atoms with Gasteiger partial charge in [-0.2, -0.15) is 0 Å². The van der Waals surface area contributed by atoms with Crippen LogP contribution in [0.3, 0.4) is 0 Å². The highest BCUT2D eigenvalue weighted by Gasteiger charge is 2.18. The van der Waals surface area contributed by atoms with Crippen molar-refractivity contribution in [3.63, 3.8) is 0 Å². The molecule has 4 nitrogen and oxygen atoms in total. The summed E-state index contributed by atoms with van der Waals surface area (Å²) >= 11 is 0.670. The van der Waals surface area contributed by atoms with Gasteiger partial charge in [0, 0.05) is 5.56 Å². The van der Waals surface area contributed by atoms with Crippen LogP contribution in [0.2, 0.25) is 0 Å². The topological polar surface area (TPSA) is 67.5 Å². The van der Waals surface area contributed by atoms with E-state index in [-0.39, 0.29) is 21.3 Å². The van der Waals surface area contributed by atoms with Crippen LogP contribution in [0, 0.1) is 0 Å². The van der Waals surface area contributed by atoms with E-state index < -0.39 is 5.63 Å². The molecule has 0 fully saturated rings. The second-order valence-corrected chi connectivity index (χ2v) is 5.30. The van der Waals surface area contributed by atoms with Gasteiger partial charge < -0.3 is 9.52 Å². The van der Waals surface area contributed by atoms with E-state index >= 15 is 0 Å². The van der Waals surface area contributed by atoms with E-state index in [1.54, 1.807) is 54.6 Å². The maximum Gasteiger partial charge on any atom is 0.354 e. The number of carbonyl (C=O) groups is 1. The average molecular weight is 298 g/mol. The van der Waals surface area contributed by atoms with Crippen LogP contribution in [0.1, 0.15) is 10.4 Å². The molecule has 0 spiro atoms. The summed E-state index contributed by atoms with van der Waals surface area (Å²) < 4.78 is 5.12. The summed E-state index contributed by atoms with van der Waals surface area (Å²) in [4.78, 5) is 24.0. The second kappa shape index (κ2) is 5.46. The second-order valence-electron chi connectivity index (χ2n) is 4.32. The van der Waals surface area contributed by atoms with E-state index in [0.717, 1.165) is 0 Å². The van der Waals surface area contributed by atoms with Gasteiger partial charge >= 0.3 is 5.63 Å². The van der Waals surface area contributed by atoms with Gasteiger partial charge in [0.25, 0.3) is 0 Å². The minimum Gasteiger partial charge on any atom is -0.506 e. The van der Waals surface area contributed by atoms with Gasteiger partial charge in [0.1, 0.15) is 16.2 Å². The third kappa shape index (κ3) is 2.55. The monoisotopic (exact) mass is 298 g/mol. The number of carbonyl (C=O) groups excluding carboxylic acids is 1. The fourth-order valence-corrected chi connectivity index (χ4v) is 2.70. The number of thioether (sulfide) groups is 1. The number of aromatic hydroxyl groups is 1. The summed E-state index contributed by atoms with van der Waals surface area (Å²) in [5.74, 6) is -0.226. The number of hydrogen-bond acceptors (Lipinski definition) is 5. The largest absolute Gasteiger partial charge is 0.506 e. The molecule has 0 atom stereocenters. The molecule has 0 bridgehead atoms. The summed E-state index contributed by atoms with van der Waals surface area (Å²) in [6.07, 6.45) is 0. The van der Waals surface area contributed by atoms with E-state index in [1.165, 1.54) is 0 Å². The van der Waals surface area contributed by atoms with Crippen molar-refractivity contribution in [2.24, 2.45) is 0 Å². The molecule has 0 aliphatic carbocycles. The Kier molecular flexibility index (Phi) is 3.50. The fraction of sp³-hybridized carbons (Fsp3) is 0. The lowest BCUT2D eigenvalue weighted by Gasteiger charge is -2.05. The molecule has 3 aromatic rings. The van der Waals surface area contributed by atoms with Crippen molar-refractivity contribution in [1.29, 1.82) is 0 Å². The first-order chi connectivity index (χ1) is 10.2. The smallest absolute Gasteiger partial charge is 0.354 e. The van der Waals surface area contributed by atoms with Crippen LogP contribution in [0.5, 0.6) is 5.75 Å². The van der Waals surface area contributed by atoms with Crippen LogP contribution in [0.25, 0.3) is 11.0 Å². The van der Waals surface area contributed by atoms with Gasteiger partial charge in [-0.3, -0.25) is 4.79 Å². The van der Waals surface area contributed by atoms with Crippen LogP contribution < -0.4 is 5.63 Å². The molecule has 2 aromatic carbocycles. The Labute approximate surface area is 124 Å². The van der Waals surface area contributed by atoms with E-state index in [9.17, 15) is 14.7 Å². The molecule has 1 aromatic heterocycles. The quantitative estimate of drug-likeness (QED) is 0.580. The van der Waals surface area contributed by atoms with Crippen LogP contribution >= 0.6 is 11.8 Å². The molecule has 5 heteroatoms. The Bertz CT molecular complexity index is 868. The lowest BCUT2D eigenvalue weighted by Crippen LogP contribution is -2.05. The predicted octanol–water partition coefficient (Wildman–Crippen LogP) is 3.43. The number of rotatable bonds is 2. The highest BCUT2D eigenvalue weighted by Crippen LogP contribution is 2.33. The van der Waals surface area contributed by atoms with Crippen LogP contribution in [-0.4, -0.2) is 10.2 Å².